The van der Waals surface area contributed by atoms with E-state index in [1.54, 1.807) is 12.1 Å². The number of carbonyl (C=O) groups is 1. The number of rotatable bonds is 2. The first kappa shape index (κ1) is 22.1. The summed E-state index contributed by atoms with van der Waals surface area (Å²) in [5.41, 5.74) is 1.07. The van der Waals surface area contributed by atoms with E-state index in [0.29, 0.717) is 11.1 Å². The van der Waals surface area contributed by atoms with Crippen LogP contribution in [0.5, 0.6) is 0 Å². The molecule has 0 radical (unpaired) electrons. The molecule has 0 unspecified atom stereocenters. The Morgan fingerprint density at radius 1 is 0.708 bits per heavy atom. The second-order valence-corrected chi connectivity index (χ2v) is 4.30. The molecule has 0 aromatic heterocycles. The standard InChI is InChI=1S/C11H4O.2C5H5.2Fe/c12-11(9-5-1-2-6-9)10-7-3-4-8-10;2*1-2-4-5-3-1;;/h1-2,5-6H;2*1-5H;;/q-6;2*-1;;. The molecule has 0 saturated heterocycles. The minimum Gasteiger partial charge on any atom is -0.886 e. The van der Waals surface area contributed by atoms with Crippen LogP contribution in [-0.2, 0) is 34.1 Å². The van der Waals surface area contributed by atoms with E-state index in [2.05, 4.69) is 24.3 Å². The number of carbonyl (C=O) groups excluding carboxylic acids is 1. The van der Waals surface area contributed by atoms with Crippen LogP contribution < -0.4 is 0 Å². The van der Waals surface area contributed by atoms with Crippen molar-refractivity contribution < 1.29 is 38.9 Å². The van der Waals surface area contributed by atoms with Crippen LogP contribution in [0.2, 0.25) is 0 Å². The van der Waals surface area contributed by atoms with Gasteiger partial charge in [-0.2, -0.15) is 36.4 Å². The molecule has 0 fully saturated rings. The summed E-state index contributed by atoms with van der Waals surface area (Å²) in [7, 11) is 0. The molecule has 0 aliphatic heterocycles. The van der Waals surface area contributed by atoms with Crippen LogP contribution in [0.25, 0.3) is 0 Å². The first-order chi connectivity index (χ1) is 10.9. The molecule has 128 valence electrons. The van der Waals surface area contributed by atoms with Crippen molar-refractivity contribution in [3.63, 3.8) is 0 Å². The van der Waals surface area contributed by atoms with Gasteiger partial charge in [0.25, 0.3) is 0 Å². The first-order valence-electron chi connectivity index (χ1n) is 6.86. The Balaban J connectivity index is 0.000000370. The van der Waals surface area contributed by atoms with Crippen LogP contribution in [-0.4, -0.2) is 5.78 Å². The van der Waals surface area contributed by atoms with E-state index in [9.17, 15) is 4.79 Å². The zero-order chi connectivity index (χ0) is 15.5. The van der Waals surface area contributed by atoms with E-state index in [1.807, 2.05) is 72.8 Å². The van der Waals surface area contributed by atoms with Gasteiger partial charge in [-0.25, -0.2) is 36.4 Å². The fourth-order valence-corrected chi connectivity index (χ4v) is 1.64. The predicted molar refractivity (Wildman–Crippen MR) is 86.9 cm³/mol. The molecule has 0 amide bonds. The van der Waals surface area contributed by atoms with Crippen molar-refractivity contribution in [3.8, 4) is 0 Å². The van der Waals surface area contributed by atoms with Gasteiger partial charge in [-0.3, -0.25) is 0 Å². The molecule has 4 rings (SSSR count). The first-order valence-corrected chi connectivity index (χ1v) is 6.86. The van der Waals surface area contributed by atoms with Gasteiger partial charge in [0.2, 0.25) is 0 Å². The van der Waals surface area contributed by atoms with Gasteiger partial charge in [0, 0.05) is 34.1 Å². The van der Waals surface area contributed by atoms with Gasteiger partial charge in [-0.05, 0) is 0 Å². The third-order valence-electron chi connectivity index (χ3n) is 2.70. The number of hydrogen-bond donors (Lipinski definition) is 0. The van der Waals surface area contributed by atoms with Gasteiger partial charge >= 0.3 is 0 Å². The van der Waals surface area contributed by atoms with Gasteiger partial charge in [-0.1, -0.05) is 12.1 Å². The fourth-order valence-electron chi connectivity index (χ4n) is 1.64. The third kappa shape index (κ3) is 8.10. The average Bonchev–Trinajstić information content (AvgIpc) is 3.42. The normalized spacial score (nSPS) is 8.33. The summed E-state index contributed by atoms with van der Waals surface area (Å²) in [5.74, 6) is -0.0718. The Labute approximate surface area is 164 Å². The second-order valence-electron chi connectivity index (χ2n) is 4.30. The van der Waals surface area contributed by atoms with Crippen LogP contribution in [0.4, 0.5) is 0 Å². The summed E-state index contributed by atoms with van der Waals surface area (Å²) in [6, 6.07) is 37.5. The summed E-state index contributed by atoms with van der Waals surface area (Å²) in [6.45, 7) is 0. The topological polar surface area (TPSA) is 17.1 Å². The molecule has 1 nitrogen and oxygen atoms in total. The van der Waals surface area contributed by atoms with Crippen molar-refractivity contribution in [3.05, 3.63) is 120 Å². The zero-order valence-electron chi connectivity index (χ0n) is 12.7. The number of ketones is 1. The van der Waals surface area contributed by atoms with Crippen molar-refractivity contribution in [1.82, 2.24) is 0 Å². The molecule has 4 aromatic rings. The molecule has 3 heteroatoms. The summed E-state index contributed by atoms with van der Waals surface area (Å²) in [6.07, 6.45) is 0. The fraction of sp³-hybridized carbons (Fsp3) is 0. The van der Waals surface area contributed by atoms with Crippen molar-refractivity contribution in [1.29, 1.82) is 0 Å². The van der Waals surface area contributed by atoms with Gasteiger partial charge in [0.1, 0.15) is 0 Å². The Morgan fingerprint density at radius 2 is 1.12 bits per heavy atom. The van der Waals surface area contributed by atoms with Gasteiger partial charge < -0.3 is 46.0 Å². The molecular weight excluding hydrogens is 380 g/mol. The molecule has 0 spiro atoms. The van der Waals surface area contributed by atoms with Crippen molar-refractivity contribution >= 4 is 5.78 Å². The molecule has 0 saturated carbocycles. The monoisotopic (exact) mass is 394 g/mol. The molecule has 24 heavy (non-hydrogen) atoms. The maximum absolute atomic E-state index is 11.5. The Hall–Kier alpha value is -1.89. The van der Waals surface area contributed by atoms with E-state index >= 15 is 0 Å². The van der Waals surface area contributed by atoms with Crippen LogP contribution in [0.1, 0.15) is 15.9 Å². The van der Waals surface area contributed by atoms with Crippen molar-refractivity contribution in [2.24, 2.45) is 0 Å². The molecular formula is C21H14Fe2O-8. The van der Waals surface area contributed by atoms with E-state index in [-0.39, 0.29) is 39.9 Å². The largest absolute Gasteiger partial charge is 0.886 e. The van der Waals surface area contributed by atoms with Gasteiger partial charge in [-0.15, -0.1) is 0 Å². The molecule has 0 bridgehead atoms. The quantitative estimate of drug-likeness (QED) is 0.281. The van der Waals surface area contributed by atoms with Gasteiger partial charge in [0.05, 0.1) is 0 Å². The average molecular weight is 394 g/mol. The molecule has 0 aliphatic rings. The van der Waals surface area contributed by atoms with Crippen LogP contribution in [0, 0.1) is 24.3 Å². The molecule has 0 aliphatic carbocycles. The summed E-state index contributed by atoms with van der Waals surface area (Å²) >= 11 is 0. The Morgan fingerprint density at radius 3 is 1.46 bits per heavy atom. The second kappa shape index (κ2) is 13.5. The molecule has 0 atom stereocenters. The Kier molecular flexibility index (Phi) is 12.5. The van der Waals surface area contributed by atoms with E-state index in [1.165, 1.54) is 0 Å². The minimum absolute atomic E-state index is 0. The summed E-state index contributed by atoms with van der Waals surface area (Å²) in [4.78, 5) is 11.5. The molecule has 4 aromatic carbocycles. The van der Waals surface area contributed by atoms with Crippen molar-refractivity contribution in [2.75, 3.05) is 0 Å². The maximum Gasteiger partial charge on any atom is 0 e. The van der Waals surface area contributed by atoms with E-state index < -0.39 is 0 Å². The van der Waals surface area contributed by atoms with Crippen LogP contribution >= 0.6 is 0 Å². The SMILES string of the molecule is O=C([c-]1[c-][c-][c-][c-]1)[c-]1cccc1.[Fe].[Fe].c1cc[cH-]c1.c1cc[cH-]c1. The van der Waals surface area contributed by atoms with Crippen molar-refractivity contribution in [2.45, 2.75) is 0 Å². The summed E-state index contributed by atoms with van der Waals surface area (Å²) in [5, 5.41) is 0. The van der Waals surface area contributed by atoms with E-state index in [0.717, 1.165) is 0 Å². The van der Waals surface area contributed by atoms with Gasteiger partial charge in [0.15, 0.2) is 0 Å². The summed E-state index contributed by atoms with van der Waals surface area (Å²) < 4.78 is 0. The van der Waals surface area contributed by atoms with Crippen LogP contribution in [0.3, 0.4) is 0 Å². The molecule has 0 N–H and O–H groups in total. The zero-order valence-corrected chi connectivity index (χ0v) is 14.9. The van der Waals surface area contributed by atoms with Crippen LogP contribution in [0.15, 0.2) is 84.9 Å². The molecule has 0 heterocycles. The van der Waals surface area contributed by atoms with E-state index in [4.69, 9.17) is 0 Å². The maximum atomic E-state index is 11.5. The third-order valence-corrected chi connectivity index (χ3v) is 2.70. The minimum atomic E-state index is -0.0718. The smallest absolute Gasteiger partial charge is 0 e. The number of hydrogen-bond acceptors (Lipinski definition) is 1. The predicted octanol–water partition coefficient (Wildman–Crippen LogP) is 4.36. The Bertz CT molecular complexity index is 591.